The second-order valence-electron chi connectivity index (χ2n) is 7.01. The van der Waals surface area contributed by atoms with Gasteiger partial charge >= 0.3 is 5.97 Å². The summed E-state index contributed by atoms with van der Waals surface area (Å²) < 4.78 is 5.30. The summed E-state index contributed by atoms with van der Waals surface area (Å²) in [4.78, 5) is 37.4. The van der Waals surface area contributed by atoms with Gasteiger partial charge in [-0.2, -0.15) is 0 Å². The Hall–Kier alpha value is -2.65. The van der Waals surface area contributed by atoms with Crippen LogP contribution in [0.1, 0.15) is 31.2 Å². The Morgan fingerprint density at radius 2 is 2.07 bits per heavy atom. The van der Waals surface area contributed by atoms with Crippen LogP contribution in [-0.2, 0) is 25.5 Å². The van der Waals surface area contributed by atoms with Crippen LogP contribution < -0.4 is 15.1 Å². The monoisotopic (exact) mass is 391 g/mol. The zero-order chi connectivity index (χ0) is 20.3. The van der Waals surface area contributed by atoms with E-state index < -0.39 is 18.4 Å². The van der Waals surface area contributed by atoms with E-state index in [1.54, 1.807) is 16.8 Å². The number of nitrogens with one attached hydrogen (secondary N) is 1. The average molecular weight is 391 g/mol. The molecule has 9 nitrogen and oxygen atoms in total. The van der Waals surface area contributed by atoms with Gasteiger partial charge in [0.15, 0.2) is 0 Å². The lowest BCUT2D eigenvalue weighted by molar-refractivity contribution is -0.138. The smallest absolute Gasteiger partial charge is 0.305 e. The first kappa shape index (κ1) is 20.1. The van der Waals surface area contributed by atoms with Crippen LogP contribution >= 0.6 is 0 Å². The van der Waals surface area contributed by atoms with Gasteiger partial charge in [-0.05, 0) is 37.0 Å². The van der Waals surface area contributed by atoms with Crippen molar-refractivity contribution in [1.82, 2.24) is 5.32 Å². The molecule has 0 radical (unpaired) electrons. The van der Waals surface area contributed by atoms with Crippen molar-refractivity contribution in [2.24, 2.45) is 0 Å². The third kappa shape index (κ3) is 4.26. The van der Waals surface area contributed by atoms with Crippen LogP contribution in [0.4, 0.5) is 11.4 Å². The Bertz CT molecular complexity index is 768. The molecule has 1 aromatic carbocycles. The highest BCUT2D eigenvalue weighted by Gasteiger charge is 2.41. The zero-order valence-corrected chi connectivity index (χ0v) is 15.8. The van der Waals surface area contributed by atoms with E-state index in [2.05, 4.69) is 5.32 Å². The quantitative estimate of drug-likeness (QED) is 0.432. The van der Waals surface area contributed by atoms with E-state index in [1.807, 2.05) is 18.2 Å². The molecule has 3 rings (SSSR count). The van der Waals surface area contributed by atoms with Gasteiger partial charge in [-0.1, -0.05) is 6.07 Å². The van der Waals surface area contributed by atoms with Crippen LogP contribution in [0.5, 0.6) is 0 Å². The molecule has 0 bridgehead atoms. The van der Waals surface area contributed by atoms with Crippen molar-refractivity contribution < 1.29 is 29.3 Å². The number of benzene rings is 1. The van der Waals surface area contributed by atoms with Gasteiger partial charge in [0.2, 0.25) is 18.2 Å². The Morgan fingerprint density at radius 1 is 1.29 bits per heavy atom. The van der Waals surface area contributed by atoms with Gasteiger partial charge in [-0.25, -0.2) is 0 Å². The fourth-order valence-corrected chi connectivity index (χ4v) is 3.58. The molecule has 9 heteroatoms. The van der Waals surface area contributed by atoms with Crippen molar-refractivity contribution in [3.63, 3.8) is 0 Å². The predicted molar refractivity (Wildman–Crippen MR) is 101 cm³/mol. The highest BCUT2D eigenvalue weighted by atomic mass is 16.5. The van der Waals surface area contributed by atoms with Gasteiger partial charge in [0.05, 0.1) is 24.4 Å². The van der Waals surface area contributed by atoms with Crippen LogP contribution in [0, 0.1) is 0 Å². The summed E-state index contributed by atoms with van der Waals surface area (Å²) >= 11 is 0. The standard InChI is InChI=1S/C19H25N3O6/c1-21-15-11-12(3-2-9-28-10-8-17(24)25)4-5-13(15)22(19(21)27)14-6-7-16(23)20-18(14)26/h4-5,11,14,19,27H,2-3,6-10H2,1H3,(H,24,25)(H,20,23,26). The summed E-state index contributed by atoms with van der Waals surface area (Å²) in [6.07, 6.45) is 1.14. The number of amides is 2. The van der Waals surface area contributed by atoms with Gasteiger partial charge in [-0.3, -0.25) is 19.7 Å². The highest BCUT2D eigenvalue weighted by Crippen LogP contribution is 2.41. The number of carboxylic acids is 1. The number of carbonyl (C=O) groups excluding carboxylic acids is 2. The maximum absolute atomic E-state index is 12.2. The molecule has 28 heavy (non-hydrogen) atoms. The minimum absolute atomic E-state index is 0.00228. The molecular formula is C19H25N3O6. The van der Waals surface area contributed by atoms with Crippen LogP contribution in [0.25, 0.3) is 0 Å². The van der Waals surface area contributed by atoms with Crippen LogP contribution in [-0.4, -0.2) is 60.7 Å². The summed E-state index contributed by atoms with van der Waals surface area (Å²) in [7, 11) is 1.76. The molecule has 2 amide bonds. The summed E-state index contributed by atoms with van der Waals surface area (Å²) in [5, 5.41) is 21.6. The Labute approximate surface area is 162 Å². The molecule has 3 N–H and O–H groups in total. The number of nitrogens with zero attached hydrogens (tertiary/aromatic N) is 2. The van der Waals surface area contributed by atoms with Gasteiger partial charge in [0, 0.05) is 20.1 Å². The molecule has 2 heterocycles. The van der Waals surface area contributed by atoms with Crippen LogP contribution in [0.2, 0.25) is 0 Å². The number of anilines is 2. The molecule has 2 atom stereocenters. The number of aryl methyl sites for hydroxylation is 1. The summed E-state index contributed by atoms with van der Waals surface area (Å²) in [5.41, 5.74) is 2.64. The molecule has 152 valence electrons. The van der Waals surface area contributed by atoms with E-state index >= 15 is 0 Å². The molecule has 2 unspecified atom stereocenters. The summed E-state index contributed by atoms with van der Waals surface area (Å²) in [6, 6.07) is 5.21. The lowest BCUT2D eigenvalue weighted by Gasteiger charge is -2.34. The third-order valence-electron chi connectivity index (χ3n) is 5.05. The molecule has 0 spiro atoms. The number of aliphatic hydroxyl groups excluding tert-OH is 1. The largest absolute Gasteiger partial charge is 0.481 e. The highest BCUT2D eigenvalue weighted by molar-refractivity contribution is 6.02. The normalized spacial score (nSPS) is 21.6. The molecule has 1 aromatic rings. The molecule has 1 saturated heterocycles. The molecular weight excluding hydrogens is 366 g/mol. The number of hydrogen-bond donors (Lipinski definition) is 3. The Morgan fingerprint density at radius 3 is 2.79 bits per heavy atom. The average Bonchev–Trinajstić information content (AvgIpc) is 2.89. The van der Waals surface area contributed by atoms with Gasteiger partial charge in [-0.15, -0.1) is 0 Å². The van der Waals surface area contributed by atoms with E-state index in [0.717, 1.165) is 29.8 Å². The Kier molecular flexibility index (Phi) is 6.15. The maximum Gasteiger partial charge on any atom is 0.305 e. The fraction of sp³-hybridized carbons (Fsp3) is 0.526. The zero-order valence-electron chi connectivity index (χ0n) is 15.8. The van der Waals surface area contributed by atoms with E-state index in [9.17, 15) is 19.5 Å². The molecule has 2 aliphatic heterocycles. The van der Waals surface area contributed by atoms with Crippen molar-refractivity contribution in [2.75, 3.05) is 30.1 Å². The number of rotatable bonds is 8. The molecule has 0 aromatic heterocycles. The number of fused-ring (bicyclic) bond motifs is 1. The van der Waals surface area contributed by atoms with Crippen molar-refractivity contribution in [2.45, 2.75) is 44.5 Å². The number of carboxylic acid groups (broad SMARTS) is 1. The summed E-state index contributed by atoms with van der Waals surface area (Å²) in [5.74, 6) is -1.55. The van der Waals surface area contributed by atoms with Gasteiger partial charge in [0.1, 0.15) is 6.04 Å². The number of hydrogen-bond acceptors (Lipinski definition) is 7. The molecule has 2 aliphatic rings. The first-order chi connectivity index (χ1) is 13.4. The lowest BCUT2D eigenvalue weighted by atomic mass is 10.0. The topological polar surface area (TPSA) is 119 Å². The minimum atomic E-state index is -0.978. The Balaban J connectivity index is 1.64. The van der Waals surface area contributed by atoms with E-state index in [1.165, 1.54) is 0 Å². The van der Waals surface area contributed by atoms with Crippen LogP contribution in [0.3, 0.4) is 0 Å². The molecule has 1 fully saturated rings. The van der Waals surface area contributed by atoms with E-state index in [0.29, 0.717) is 13.0 Å². The number of carbonyl (C=O) groups is 3. The SMILES string of the molecule is CN1c2cc(CCCOCCC(=O)O)ccc2N(C2CCC(=O)NC2=O)C1O. The first-order valence-electron chi connectivity index (χ1n) is 9.34. The van der Waals surface area contributed by atoms with Crippen molar-refractivity contribution >= 4 is 29.2 Å². The predicted octanol–water partition coefficient (Wildman–Crippen LogP) is 0.448. The van der Waals surface area contributed by atoms with Crippen molar-refractivity contribution in [1.29, 1.82) is 0 Å². The fourth-order valence-electron chi connectivity index (χ4n) is 3.58. The lowest BCUT2D eigenvalue weighted by Crippen LogP contribution is -2.56. The number of aliphatic hydroxyl groups is 1. The van der Waals surface area contributed by atoms with E-state index in [4.69, 9.17) is 9.84 Å². The molecule has 0 saturated carbocycles. The maximum atomic E-state index is 12.2. The second kappa shape index (κ2) is 8.57. The van der Waals surface area contributed by atoms with Crippen molar-refractivity contribution in [3.05, 3.63) is 23.8 Å². The summed E-state index contributed by atoms with van der Waals surface area (Å²) in [6.45, 7) is 0.681. The van der Waals surface area contributed by atoms with E-state index in [-0.39, 0.29) is 31.3 Å². The first-order valence-corrected chi connectivity index (χ1v) is 9.34. The van der Waals surface area contributed by atoms with Crippen LogP contribution in [0.15, 0.2) is 18.2 Å². The third-order valence-corrected chi connectivity index (χ3v) is 5.05. The van der Waals surface area contributed by atoms with Gasteiger partial charge in [0.25, 0.3) is 0 Å². The van der Waals surface area contributed by atoms with Gasteiger partial charge < -0.3 is 24.7 Å². The number of imide groups is 1. The molecule has 0 aliphatic carbocycles. The number of aliphatic carboxylic acids is 1. The van der Waals surface area contributed by atoms with Crippen molar-refractivity contribution in [3.8, 4) is 0 Å². The number of ether oxygens (including phenoxy) is 1. The second-order valence-corrected chi connectivity index (χ2v) is 7.01. The number of piperidine rings is 1. The minimum Gasteiger partial charge on any atom is -0.481 e.